The van der Waals surface area contributed by atoms with E-state index in [0.29, 0.717) is 12.1 Å². The Morgan fingerprint density at radius 2 is 2.00 bits per heavy atom. The summed E-state index contributed by atoms with van der Waals surface area (Å²) in [4.78, 5) is 11.9. The molecule has 1 amide bonds. The zero-order chi connectivity index (χ0) is 12.3. The molecule has 0 saturated carbocycles. The molecule has 0 heterocycles. The molecular formula is C11H15Br2ClN2O. The summed E-state index contributed by atoms with van der Waals surface area (Å²) in [6, 6.07) is 5.43. The number of nitrogens with one attached hydrogen (secondary N) is 1. The van der Waals surface area contributed by atoms with Crippen molar-refractivity contribution < 1.29 is 4.79 Å². The van der Waals surface area contributed by atoms with Crippen molar-refractivity contribution >= 4 is 50.2 Å². The van der Waals surface area contributed by atoms with Crippen LogP contribution in [0.3, 0.4) is 0 Å². The Morgan fingerprint density at radius 3 is 2.47 bits per heavy atom. The molecule has 6 heteroatoms. The summed E-state index contributed by atoms with van der Waals surface area (Å²) < 4.78 is 1.68. The van der Waals surface area contributed by atoms with E-state index in [-0.39, 0.29) is 18.3 Å². The highest BCUT2D eigenvalue weighted by atomic mass is 79.9. The SMILES string of the molecule is CC(C)(CN)NC(=O)c1ccc(Br)cc1Br.Cl. The average molecular weight is 387 g/mol. The largest absolute Gasteiger partial charge is 0.346 e. The van der Waals surface area contributed by atoms with E-state index in [4.69, 9.17) is 5.73 Å². The summed E-state index contributed by atoms with van der Waals surface area (Å²) in [5.74, 6) is -0.130. The molecular weight excluding hydrogens is 371 g/mol. The fourth-order valence-electron chi connectivity index (χ4n) is 1.10. The Morgan fingerprint density at radius 1 is 1.41 bits per heavy atom. The maximum atomic E-state index is 11.9. The van der Waals surface area contributed by atoms with Crippen LogP contribution in [0.15, 0.2) is 27.1 Å². The zero-order valence-electron chi connectivity index (χ0n) is 9.59. The summed E-state index contributed by atoms with van der Waals surface area (Å²) in [6.45, 7) is 4.17. The van der Waals surface area contributed by atoms with E-state index in [1.54, 1.807) is 6.07 Å². The first-order chi connectivity index (χ1) is 7.35. The van der Waals surface area contributed by atoms with Gasteiger partial charge in [-0.2, -0.15) is 0 Å². The predicted octanol–water partition coefficient (Wildman–Crippen LogP) is 3.10. The van der Waals surface area contributed by atoms with Crippen LogP contribution in [0.2, 0.25) is 0 Å². The van der Waals surface area contributed by atoms with Gasteiger partial charge in [-0.25, -0.2) is 0 Å². The van der Waals surface area contributed by atoms with Gasteiger partial charge >= 0.3 is 0 Å². The van der Waals surface area contributed by atoms with Gasteiger partial charge in [-0.05, 0) is 48.0 Å². The molecule has 0 bridgehead atoms. The fourth-order valence-corrected chi connectivity index (χ4v) is 2.33. The maximum Gasteiger partial charge on any atom is 0.252 e. The topological polar surface area (TPSA) is 55.1 Å². The molecule has 0 fully saturated rings. The molecule has 1 rings (SSSR count). The van der Waals surface area contributed by atoms with Crippen LogP contribution >= 0.6 is 44.3 Å². The molecule has 0 aliphatic heterocycles. The van der Waals surface area contributed by atoms with E-state index in [1.165, 1.54) is 0 Å². The number of halogens is 3. The molecule has 3 nitrogen and oxygen atoms in total. The Kier molecular flexibility index (Phi) is 6.69. The lowest BCUT2D eigenvalue weighted by Gasteiger charge is -2.24. The molecule has 1 aromatic carbocycles. The van der Waals surface area contributed by atoms with Crippen LogP contribution < -0.4 is 11.1 Å². The van der Waals surface area contributed by atoms with Gasteiger partial charge < -0.3 is 11.1 Å². The first-order valence-electron chi connectivity index (χ1n) is 4.83. The Hall–Kier alpha value is -0.100. The minimum Gasteiger partial charge on any atom is -0.346 e. The molecule has 17 heavy (non-hydrogen) atoms. The summed E-state index contributed by atoms with van der Waals surface area (Å²) in [6.07, 6.45) is 0. The molecule has 0 aliphatic rings. The summed E-state index contributed by atoms with van der Waals surface area (Å²) in [7, 11) is 0. The molecule has 1 aromatic rings. The number of rotatable bonds is 3. The lowest BCUT2D eigenvalue weighted by atomic mass is 10.1. The monoisotopic (exact) mass is 384 g/mol. The zero-order valence-corrected chi connectivity index (χ0v) is 13.6. The average Bonchev–Trinajstić information content (AvgIpc) is 2.16. The number of carbonyl (C=O) groups excluding carboxylic acids is 1. The van der Waals surface area contributed by atoms with Gasteiger partial charge in [0.2, 0.25) is 0 Å². The van der Waals surface area contributed by atoms with Crippen LogP contribution in [0.5, 0.6) is 0 Å². The second-order valence-corrected chi connectivity index (χ2v) is 5.94. The van der Waals surface area contributed by atoms with Crippen LogP contribution in [-0.2, 0) is 0 Å². The van der Waals surface area contributed by atoms with Gasteiger partial charge in [-0.1, -0.05) is 15.9 Å². The van der Waals surface area contributed by atoms with Crippen LogP contribution in [0.25, 0.3) is 0 Å². The predicted molar refractivity (Wildman–Crippen MR) is 79.7 cm³/mol. The molecule has 0 atom stereocenters. The van der Waals surface area contributed by atoms with E-state index in [2.05, 4.69) is 37.2 Å². The van der Waals surface area contributed by atoms with Crippen LogP contribution in [-0.4, -0.2) is 18.0 Å². The van der Waals surface area contributed by atoms with Gasteiger partial charge in [-0.3, -0.25) is 4.79 Å². The molecule has 96 valence electrons. The first kappa shape index (κ1) is 16.9. The smallest absolute Gasteiger partial charge is 0.252 e. The molecule has 0 aliphatic carbocycles. The molecule has 0 unspecified atom stereocenters. The number of benzene rings is 1. The highest BCUT2D eigenvalue weighted by Gasteiger charge is 2.20. The maximum absolute atomic E-state index is 11.9. The van der Waals surface area contributed by atoms with Crippen molar-refractivity contribution in [3.63, 3.8) is 0 Å². The minimum absolute atomic E-state index is 0. The van der Waals surface area contributed by atoms with Crippen molar-refractivity contribution in [1.82, 2.24) is 5.32 Å². The van der Waals surface area contributed by atoms with E-state index >= 15 is 0 Å². The first-order valence-corrected chi connectivity index (χ1v) is 6.42. The lowest BCUT2D eigenvalue weighted by molar-refractivity contribution is 0.0915. The van der Waals surface area contributed by atoms with Crippen LogP contribution in [0.1, 0.15) is 24.2 Å². The molecule has 3 N–H and O–H groups in total. The van der Waals surface area contributed by atoms with Crippen molar-refractivity contribution in [3.8, 4) is 0 Å². The minimum atomic E-state index is -0.399. The van der Waals surface area contributed by atoms with Crippen LogP contribution in [0, 0.1) is 0 Å². The third-order valence-corrected chi connectivity index (χ3v) is 3.29. The van der Waals surface area contributed by atoms with Crippen LogP contribution in [0.4, 0.5) is 0 Å². The van der Waals surface area contributed by atoms with E-state index < -0.39 is 5.54 Å². The van der Waals surface area contributed by atoms with Crippen molar-refractivity contribution in [2.45, 2.75) is 19.4 Å². The third kappa shape index (κ3) is 4.95. The van der Waals surface area contributed by atoms with Crippen molar-refractivity contribution in [2.75, 3.05) is 6.54 Å². The normalized spacial score (nSPS) is 10.6. The standard InChI is InChI=1S/C11H14Br2N2O.ClH/c1-11(2,6-14)15-10(16)8-4-3-7(12)5-9(8)13;/h3-5H,6,14H2,1-2H3,(H,15,16);1H. The molecule has 0 aromatic heterocycles. The second kappa shape index (κ2) is 6.73. The van der Waals surface area contributed by atoms with Gasteiger partial charge in [0.25, 0.3) is 5.91 Å². The molecule has 0 radical (unpaired) electrons. The molecule has 0 saturated heterocycles. The van der Waals surface area contributed by atoms with Gasteiger partial charge in [0, 0.05) is 21.0 Å². The van der Waals surface area contributed by atoms with E-state index in [1.807, 2.05) is 26.0 Å². The number of carbonyl (C=O) groups is 1. The summed E-state index contributed by atoms with van der Waals surface area (Å²) in [5.41, 5.74) is 5.76. The van der Waals surface area contributed by atoms with Crippen molar-refractivity contribution in [3.05, 3.63) is 32.7 Å². The fraction of sp³-hybridized carbons (Fsp3) is 0.364. The highest BCUT2D eigenvalue weighted by molar-refractivity contribution is 9.11. The Bertz CT molecular complexity index is 410. The third-order valence-electron chi connectivity index (χ3n) is 2.14. The summed E-state index contributed by atoms with van der Waals surface area (Å²) >= 11 is 6.69. The molecule has 0 spiro atoms. The quantitative estimate of drug-likeness (QED) is 0.839. The Labute approximate surface area is 124 Å². The van der Waals surface area contributed by atoms with Crippen molar-refractivity contribution in [1.29, 1.82) is 0 Å². The van der Waals surface area contributed by atoms with Gasteiger partial charge in [0.05, 0.1) is 5.56 Å². The number of hydrogen-bond acceptors (Lipinski definition) is 2. The van der Waals surface area contributed by atoms with E-state index in [0.717, 1.165) is 8.95 Å². The van der Waals surface area contributed by atoms with Gasteiger partial charge in [-0.15, -0.1) is 12.4 Å². The van der Waals surface area contributed by atoms with Gasteiger partial charge in [0.15, 0.2) is 0 Å². The van der Waals surface area contributed by atoms with Gasteiger partial charge in [0.1, 0.15) is 0 Å². The second-order valence-electron chi connectivity index (χ2n) is 4.17. The van der Waals surface area contributed by atoms with Crippen molar-refractivity contribution in [2.24, 2.45) is 5.73 Å². The van der Waals surface area contributed by atoms with E-state index in [9.17, 15) is 4.79 Å². The highest BCUT2D eigenvalue weighted by Crippen LogP contribution is 2.22. The lowest BCUT2D eigenvalue weighted by Crippen LogP contribution is -2.48. The number of hydrogen-bond donors (Lipinski definition) is 2. The number of amides is 1. The Balaban J connectivity index is 0.00000256. The number of nitrogens with two attached hydrogens (primary N) is 1. The summed E-state index contributed by atoms with van der Waals surface area (Å²) in [5, 5.41) is 2.87.